The zero-order chi connectivity index (χ0) is 18.1. The van der Waals surface area contributed by atoms with E-state index in [0.29, 0.717) is 12.1 Å². The molecule has 0 saturated carbocycles. The van der Waals surface area contributed by atoms with Crippen molar-refractivity contribution in [2.24, 2.45) is 0 Å². The summed E-state index contributed by atoms with van der Waals surface area (Å²) in [5.74, 6) is -0.544. The van der Waals surface area contributed by atoms with Gasteiger partial charge in [0, 0.05) is 36.1 Å². The number of amides is 3. The Hall–Kier alpha value is -2.61. The molecule has 25 heavy (non-hydrogen) atoms. The van der Waals surface area contributed by atoms with E-state index in [1.54, 1.807) is 36.4 Å². The summed E-state index contributed by atoms with van der Waals surface area (Å²) in [5.41, 5.74) is 0.532. The first-order valence-electron chi connectivity index (χ1n) is 7.68. The molecule has 3 amide bonds. The van der Waals surface area contributed by atoms with Gasteiger partial charge in [0.1, 0.15) is 0 Å². The molecular weight excluding hydrogens is 390 g/mol. The van der Waals surface area contributed by atoms with E-state index < -0.39 is 0 Å². The van der Waals surface area contributed by atoms with Crippen LogP contribution in [-0.4, -0.2) is 37.4 Å². The smallest absolute Gasteiger partial charge is 0.287 e. The highest BCUT2D eigenvalue weighted by Gasteiger charge is 2.08. The van der Waals surface area contributed by atoms with Gasteiger partial charge in [0.05, 0.1) is 6.26 Å². The summed E-state index contributed by atoms with van der Waals surface area (Å²) >= 11 is 3.30. The Bertz CT molecular complexity index is 714. The summed E-state index contributed by atoms with van der Waals surface area (Å²) in [7, 11) is 0. The molecule has 2 aromatic rings. The van der Waals surface area contributed by atoms with E-state index in [1.807, 2.05) is 0 Å². The third kappa shape index (κ3) is 6.42. The Kier molecular flexibility index (Phi) is 7.21. The van der Waals surface area contributed by atoms with Crippen LogP contribution in [0.25, 0.3) is 0 Å². The second kappa shape index (κ2) is 9.63. The zero-order valence-corrected chi connectivity index (χ0v) is 15.0. The van der Waals surface area contributed by atoms with Crippen molar-refractivity contribution in [3.8, 4) is 0 Å². The number of nitrogens with one attached hydrogen (secondary N) is 3. The molecule has 0 aliphatic heterocycles. The van der Waals surface area contributed by atoms with E-state index in [9.17, 15) is 14.4 Å². The number of benzene rings is 1. The highest BCUT2D eigenvalue weighted by molar-refractivity contribution is 9.10. The molecule has 1 heterocycles. The second-order valence-corrected chi connectivity index (χ2v) is 6.01. The van der Waals surface area contributed by atoms with Crippen LogP contribution in [0.5, 0.6) is 0 Å². The lowest BCUT2D eigenvalue weighted by atomic mass is 10.2. The largest absolute Gasteiger partial charge is 0.459 e. The maximum atomic E-state index is 11.9. The Balaban J connectivity index is 1.57. The van der Waals surface area contributed by atoms with Crippen molar-refractivity contribution in [2.45, 2.75) is 6.42 Å². The SMILES string of the molecule is O=C(CCNC(=O)c1ccc(Br)cc1)NCCNC(=O)c1ccco1. The van der Waals surface area contributed by atoms with Gasteiger partial charge in [-0.05, 0) is 36.4 Å². The first-order valence-corrected chi connectivity index (χ1v) is 8.48. The number of hydrogen-bond donors (Lipinski definition) is 3. The van der Waals surface area contributed by atoms with Crippen LogP contribution in [-0.2, 0) is 4.79 Å². The molecule has 0 saturated heterocycles. The minimum absolute atomic E-state index is 0.161. The number of furan rings is 1. The van der Waals surface area contributed by atoms with Crippen molar-refractivity contribution < 1.29 is 18.8 Å². The molecule has 0 spiro atoms. The highest BCUT2D eigenvalue weighted by atomic mass is 79.9. The van der Waals surface area contributed by atoms with Crippen molar-refractivity contribution in [3.05, 3.63) is 58.5 Å². The fourth-order valence-electron chi connectivity index (χ4n) is 1.95. The predicted molar refractivity (Wildman–Crippen MR) is 95.1 cm³/mol. The molecule has 0 unspecified atom stereocenters. The predicted octanol–water partition coefficient (Wildman–Crippen LogP) is 1.71. The van der Waals surface area contributed by atoms with Gasteiger partial charge in [-0.1, -0.05) is 15.9 Å². The van der Waals surface area contributed by atoms with E-state index in [0.717, 1.165) is 4.47 Å². The molecule has 132 valence electrons. The van der Waals surface area contributed by atoms with Crippen LogP contribution in [0.3, 0.4) is 0 Å². The summed E-state index contributed by atoms with van der Waals surface area (Å²) in [6, 6.07) is 10.1. The van der Waals surface area contributed by atoms with E-state index in [-0.39, 0.29) is 43.0 Å². The average Bonchev–Trinajstić information content (AvgIpc) is 3.14. The first-order chi connectivity index (χ1) is 12.1. The van der Waals surface area contributed by atoms with Gasteiger partial charge in [0.2, 0.25) is 5.91 Å². The van der Waals surface area contributed by atoms with Crippen LogP contribution in [0.2, 0.25) is 0 Å². The van der Waals surface area contributed by atoms with Crippen LogP contribution in [0.15, 0.2) is 51.6 Å². The Morgan fingerprint density at radius 1 is 0.880 bits per heavy atom. The van der Waals surface area contributed by atoms with Gasteiger partial charge in [-0.2, -0.15) is 0 Å². The Labute approximate surface area is 153 Å². The van der Waals surface area contributed by atoms with Crippen LogP contribution >= 0.6 is 15.9 Å². The topological polar surface area (TPSA) is 100 Å². The summed E-state index contributed by atoms with van der Waals surface area (Å²) < 4.78 is 5.84. The molecular formula is C17H18BrN3O4. The number of halogens is 1. The van der Waals surface area contributed by atoms with E-state index in [1.165, 1.54) is 6.26 Å². The van der Waals surface area contributed by atoms with Crippen molar-refractivity contribution >= 4 is 33.7 Å². The monoisotopic (exact) mass is 407 g/mol. The maximum Gasteiger partial charge on any atom is 0.287 e. The molecule has 0 radical (unpaired) electrons. The van der Waals surface area contributed by atoms with Crippen molar-refractivity contribution in [1.29, 1.82) is 0 Å². The molecule has 0 fully saturated rings. The normalized spacial score (nSPS) is 10.1. The lowest BCUT2D eigenvalue weighted by molar-refractivity contribution is -0.120. The van der Waals surface area contributed by atoms with Gasteiger partial charge >= 0.3 is 0 Å². The zero-order valence-electron chi connectivity index (χ0n) is 13.4. The second-order valence-electron chi connectivity index (χ2n) is 5.10. The fraction of sp³-hybridized carbons (Fsp3) is 0.235. The third-order valence-corrected chi connectivity index (χ3v) is 3.75. The highest BCUT2D eigenvalue weighted by Crippen LogP contribution is 2.10. The molecule has 0 bridgehead atoms. The average molecular weight is 408 g/mol. The number of carbonyl (C=O) groups is 3. The molecule has 8 heteroatoms. The minimum Gasteiger partial charge on any atom is -0.459 e. The van der Waals surface area contributed by atoms with Gasteiger partial charge in [0.25, 0.3) is 11.8 Å². The number of carbonyl (C=O) groups excluding carboxylic acids is 3. The Morgan fingerprint density at radius 2 is 1.56 bits per heavy atom. The van der Waals surface area contributed by atoms with Gasteiger partial charge in [-0.15, -0.1) is 0 Å². The molecule has 1 aromatic heterocycles. The van der Waals surface area contributed by atoms with Crippen LogP contribution in [0.4, 0.5) is 0 Å². The lowest BCUT2D eigenvalue weighted by Crippen LogP contribution is -2.36. The summed E-state index contributed by atoms with van der Waals surface area (Å²) in [6.07, 6.45) is 1.58. The van der Waals surface area contributed by atoms with Crippen molar-refractivity contribution in [2.75, 3.05) is 19.6 Å². The maximum absolute atomic E-state index is 11.9. The van der Waals surface area contributed by atoms with Crippen molar-refractivity contribution in [1.82, 2.24) is 16.0 Å². The molecule has 3 N–H and O–H groups in total. The van der Waals surface area contributed by atoms with Crippen LogP contribution in [0, 0.1) is 0 Å². The summed E-state index contributed by atoms with van der Waals surface area (Å²) in [5, 5.41) is 7.96. The molecule has 2 rings (SSSR count). The molecule has 0 aliphatic rings. The van der Waals surface area contributed by atoms with Crippen molar-refractivity contribution in [3.63, 3.8) is 0 Å². The third-order valence-electron chi connectivity index (χ3n) is 3.22. The van der Waals surface area contributed by atoms with Crippen LogP contribution in [0.1, 0.15) is 27.3 Å². The first kappa shape index (κ1) is 18.7. The van der Waals surface area contributed by atoms with Gasteiger partial charge in [-0.25, -0.2) is 0 Å². The number of rotatable bonds is 8. The van der Waals surface area contributed by atoms with Gasteiger partial charge < -0.3 is 20.4 Å². The Morgan fingerprint density at radius 3 is 2.24 bits per heavy atom. The van der Waals surface area contributed by atoms with Gasteiger partial charge in [0.15, 0.2) is 5.76 Å². The fourth-order valence-corrected chi connectivity index (χ4v) is 2.22. The summed E-state index contributed by atoms with van der Waals surface area (Å²) in [6.45, 7) is 0.821. The molecule has 0 atom stereocenters. The lowest BCUT2D eigenvalue weighted by Gasteiger charge is -2.07. The quantitative estimate of drug-likeness (QED) is 0.579. The minimum atomic E-state index is -0.332. The number of hydrogen-bond acceptors (Lipinski definition) is 4. The standard InChI is InChI=1S/C17H18BrN3O4/c18-13-5-3-12(4-6-13)16(23)20-8-7-15(22)19-9-10-21-17(24)14-2-1-11-25-14/h1-6,11H,7-10H2,(H,19,22)(H,20,23)(H,21,24). The van der Waals surface area contributed by atoms with E-state index in [2.05, 4.69) is 31.9 Å². The van der Waals surface area contributed by atoms with Gasteiger partial charge in [-0.3, -0.25) is 14.4 Å². The van der Waals surface area contributed by atoms with E-state index in [4.69, 9.17) is 4.42 Å². The van der Waals surface area contributed by atoms with Crippen LogP contribution < -0.4 is 16.0 Å². The molecule has 1 aromatic carbocycles. The summed E-state index contributed by atoms with van der Waals surface area (Å²) in [4.78, 5) is 35.1. The molecule has 0 aliphatic carbocycles. The van der Waals surface area contributed by atoms with E-state index >= 15 is 0 Å². The molecule has 7 nitrogen and oxygen atoms in total.